The molecule has 24 heavy (non-hydrogen) atoms. The molecule has 1 aromatic heterocycles. The molecule has 1 heterocycles. The molecule has 1 aromatic carbocycles. The van der Waals surface area contributed by atoms with Crippen LogP contribution < -0.4 is 5.32 Å². The summed E-state index contributed by atoms with van der Waals surface area (Å²) in [7, 11) is 0. The maximum atomic E-state index is 13.3. The number of rotatable bonds is 4. The number of carbonyl (C=O) groups excluding carboxylic acids is 2. The van der Waals surface area contributed by atoms with Crippen molar-refractivity contribution >= 4 is 28.2 Å². The van der Waals surface area contributed by atoms with Gasteiger partial charge in [0.2, 0.25) is 0 Å². The molecule has 0 fully saturated rings. The standard InChI is InChI=1S/C17H15F2NO3S/c1-2-23-17(22)14-12-4-3-5-13(12)24-16(14)20-15(21)9-6-10(18)8-11(19)7-9/h6-8H,2-5H2,1H3,(H,20,21). The van der Waals surface area contributed by atoms with Crippen LogP contribution in [-0.2, 0) is 17.6 Å². The summed E-state index contributed by atoms with van der Waals surface area (Å²) in [6, 6.07) is 2.59. The average Bonchev–Trinajstić information content (AvgIpc) is 3.06. The van der Waals surface area contributed by atoms with E-state index in [0.717, 1.165) is 41.8 Å². The number of ether oxygens (including phenoxy) is 1. The SMILES string of the molecule is CCOC(=O)c1c(NC(=O)c2cc(F)cc(F)c2)sc2c1CCC2. The van der Waals surface area contributed by atoms with Crippen LogP contribution in [0.5, 0.6) is 0 Å². The van der Waals surface area contributed by atoms with E-state index in [2.05, 4.69) is 5.32 Å². The molecular weight excluding hydrogens is 336 g/mol. The van der Waals surface area contributed by atoms with Gasteiger partial charge in [0.25, 0.3) is 5.91 Å². The fourth-order valence-corrected chi connectivity index (χ4v) is 4.04. The van der Waals surface area contributed by atoms with E-state index in [1.165, 1.54) is 11.3 Å². The predicted molar refractivity (Wildman–Crippen MR) is 86.6 cm³/mol. The van der Waals surface area contributed by atoms with Crippen molar-refractivity contribution in [2.75, 3.05) is 11.9 Å². The lowest BCUT2D eigenvalue weighted by Gasteiger charge is -2.08. The van der Waals surface area contributed by atoms with E-state index < -0.39 is 23.5 Å². The van der Waals surface area contributed by atoms with Crippen LogP contribution in [0.4, 0.5) is 13.8 Å². The molecule has 1 N–H and O–H groups in total. The van der Waals surface area contributed by atoms with Gasteiger partial charge in [0.1, 0.15) is 16.6 Å². The maximum absolute atomic E-state index is 13.3. The molecular formula is C17H15F2NO3S. The van der Waals surface area contributed by atoms with E-state index in [1.807, 2.05) is 0 Å². The Hall–Kier alpha value is -2.28. The number of halogens is 2. The molecule has 1 amide bonds. The molecule has 0 spiro atoms. The Labute approximate surface area is 141 Å². The molecule has 0 atom stereocenters. The summed E-state index contributed by atoms with van der Waals surface area (Å²) in [5.41, 5.74) is 1.12. The van der Waals surface area contributed by atoms with Crippen molar-refractivity contribution < 1.29 is 23.1 Å². The zero-order valence-corrected chi connectivity index (χ0v) is 13.8. The van der Waals surface area contributed by atoms with Crippen LogP contribution >= 0.6 is 11.3 Å². The van der Waals surface area contributed by atoms with E-state index in [9.17, 15) is 18.4 Å². The van der Waals surface area contributed by atoms with E-state index in [4.69, 9.17) is 4.74 Å². The van der Waals surface area contributed by atoms with Crippen LogP contribution in [-0.4, -0.2) is 18.5 Å². The minimum Gasteiger partial charge on any atom is -0.462 e. The number of amides is 1. The average molecular weight is 351 g/mol. The first kappa shape index (κ1) is 16.6. The van der Waals surface area contributed by atoms with Crippen LogP contribution in [0.25, 0.3) is 0 Å². The number of carbonyl (C=O) groups is 2. The molecule has 0 saturated carbocycles. The quantitative estimate of drug-likeness (QED) is 0.849. The number of anilines is 1. The minimum atomic E-state index is -0.834. The number of hydrogen-bond acceptors (Lipinski definition) is 4. The fraction of sp³-hybridized carbons (Fsp3) is 0.294. The van der Waals surface area contributed by atoms with Crippen LogP contribution in [0.1, 0.15) is 44.5 Å². The lowest BCUT2D eigenvalue weighted by atomic mass is 10.1. The van der Waals surface area contributed by atoms with Crippen molar-refractivity contribution in [1.29, 1.82) is 0 Å². The van der Waals surface area contributed by atoms with Crippen molar-refractivity contribution in [3.63, 3.8) is 0 Å². The van der Waals surface area contributed by atoms with Crippen molar-refractivity contribution in [1.82, 2.24) is 0 Å². The maximum Gasteiger partial charge on any atom is 0.341 e. The van der Waals surface area contributed by atoms with Crippen molar-refractivity contribution in [3.05, 3.63) is 51.4 Å². The van der Waals surface area contributed by atoms with E-state index >= 15 is 0 Å². The molecule has 0 bridgehead atoms. The summed E-state index contributed by atoms with van der Waals surface area (Å²) in [6.07, 6.45) is 2.55. The third kappa shape index (κ3) is 3.17. The van der Waals surface area contributed by atoms with Gasteiger partial charge in [-0.25, -0.2) is 13.6 Å². The molecule has 0 unspecified atom stereocenters. The molecule has 1 aliphatic carbocycles. The molecule has 4 nitrogen and oxygen atoms in total. The van der Waals surface area contributed by atoms with Gasteiger partial charge in [-0.1, -0.05) is 0 Å². The largest absolute Gasteiger partial charge is 0.462 e. The van der Waals surface area contributed by atoms with Gasteiger partial charge in [-0.3, -0.25) is 4.79 Å². The Morgan fingerprint density at radius 2 is 1.92 bits per heavy atom. The minimum absolute atomic E-state index is 0.143. The summed E-state index contributed by atoms with van der Waals surface area (Å²) in [5, 5.41) is 2.96. The number of aryl methyl sites for hydroxylation is 1. The van der Waals surface area contributed by atoms with E-state index in [-0.39, 0.29) is 12.2 Å². The second kappa shape index (κ2) is 6.68. The lowest BCUT2D eigenvalue weighted by Crippen LogP contribution is -2.15. The normalized spacial score (nSPS) is 12.8. The first-order chi connectivity index (χ1) is 11.5. The third-order valence-electron chi connectivity index (χ3n) is 3.75. The van der Waals surface area contributed by atoms with Gasteiger partial charge in [0, 0.05) is 16.5 Å². The first-order valence-electron chi connectivity index (χ1n) is 7.58. The monoisotopic (exact) mass is 351 g/mol. The second-order valence-corrected chi connectivity index (χ2v) is 6.50. The molecule has 1 aliphatic rings. The predicted octanol–water partition coefficient (Wildman–Crippen LogP) is 3.94. The van der Waals surface area contributed by atoms with Gasteiger partial charge >= 0.3 is 5.97 Å². The molecule has 0 saturated heterocycles. The van der Waals surface area contributed by atoms with Crippen LogP contribution in [0.15, 0.2) is 18.2 Å². The molecule has 3 rings (SSSR count). The number of hydrogen-bond donors (Lipinski definition) is 1. The van der Waals surface area contributed by atoms with Gasteiger partial charge in [-0.2, -0.15) is 0 Å². The van der Waals surface area contributed by atoms with Gasteiger partial charge < -0.3 is 10.1 Å². The lowest BCUT2D eigenvalue weighted by molar-refractivity contribution is 0.0527. The Balaban J connectivity index is 1.92. The van der Waals surface area contributed by atoms with Crippen molar-refractivity contribution in [2.45, 2.75) is 26.2 Å². The highest BCUT2D eigenvalue weighted by Gasteiger charge is 2.28. The van der Waals surface area contributed by atoms with Gasteiger partial charge in [0.05, 0.1) is 12.2 Å². The highest BCUT2D eigenvalue weighted by Crippen LogP contribution is 2.39. The summed E-state index contributed by atoms with van der Waals surface area (Å²) in [6.45, 7) is 1.93. The van der Waals surface area contributed by atoms with Gasteiger partial charge in [-0.05, 0) is 43.9 Å². The zero-order valence-electron chi connectivity index (χ0n) is 12.9. The van der Waals surface area contributed by atoms with Crippen LogP contribution in [0, 0.1) is 11.6 Å². The Bertz CT molecular complexity index is 796. The van der Waals surface area contributed by atoms with E-state index in [1.54, 1.807) is 6.92 Å². The van der Waals surface area contributed by atoms with Crippen molar-refractivity contribution in [2.24, 2.45) is 0 Å². The highest BCUT2D eigenvalue weighted by molar-refractivity contribution is 7.17. The van der Waals surface area contributed by atoms with Crippen molar-refractivity contribution in [3.8, 4) is 0 Å². The molecule has 0 radical (unpaired) electrons. The zero-order chi connectivity index (χ0) is 17.3. The summed E-state index contributed by atoms with van der Waals surface area (Å²) >= 11 is 1.31. The van der Waals surface area contributed by atoms with Gasteiger partial charge in [-0.15, -0.1) is 11.3 Å². The van der Waals surface area contributed by atoms with Crippen LogP contribution in [0.3, 0.4) is 0 Å². The number of fused-ring (bicyclic) bond motifs is 1. The topological polar surface area (TPSA) is 55.4 Å². The molecule has 0 aliphatic heterocycles. The number of esters is 1. The summed E-state index contributed by atoms with van der Waals surface area (Å²) < 4.78 is 31.6. The summed E-state index contributed by atoms with van der Waals surface area (Å²) in [4.78, 5) is 25.6. The first-order valence-corrected chi connectivity index (χ1v) is 8.40. The highest BCUT2D eigenvalue weighted by atomic mass is 32.1. The summed E-state index contributed by atoms with van der Waals surface area (Å²) in [5.74, 6) is -2.82. The van der Waals surface area contributed by atoms with E-state index in [0.29, 0.717) is 16.6 Å². The third-order valence-corrected chi connectivity index (χ3v) is 4.96. The number of thiophene rings is 1. The fourth-order valence-electron chi connectivity index (χ4n) is 2.77. The molecule has 126 valence electrons. The smallest absolute Gasteiger partial charge is 0.341 e. The second-order valence-electron chi connectivity index (χ2n) is 5.39. The van der Waals surface area contributed by atoms with Gasteiger partial charge in [0.15, 0.2) is 0 Å². The Morgan fingerprint density at radius 3 is 2.58 bits per heavy atom. The number of nitrogens with one attached hydrogen (secondary N) is 1. The molecule has 2 aromatic rings. The molecule has 7 heteroatoms. The van der Waals surface area contributed by atoms with Crippen LogP contribution in [0.2, 0.25) is 0 Å². The Morgan fingerprint density at radius 1 is 1.21 bits per heavy atom. The number of benzene rings is 1. The Kier molecular flexibility index (Phi) is 4.62.